The molecular weight excluding hydrogens is 805 g/mol. The van der Waals surface area contributed by atoms with Crippen molar-refractivity contribution in [2.24, 2.45) is 49.3 Å². The summed E-state index contributed by atoms with van der Waals surface area (Å²) in [5.74, 6) is 3.26. The second kappa shape index (κ2) is 24.2. The SMILES string of the molecule is Cc1c(C)c(C)n(C)c1C.Cc1c(C)c(C)n(C)c1C.Cc1nc(C)n(C)c1C.Cc1nc(C)n(C)c1C.Cc1nc(C)n(C)c1C.Cc1nn(C)c(C)c1C.Cc1nn(C)c(C)c1C. The van der Waals surface area contributed by atoms with Crippen LogP contribution in [0.3, 0.4) is 0 Å². The van der Waals surface area contributed by atoms with Crippen LogP contribution in [-0.2, 0) is 49.3 Å². The van der Waals surface area contributed by atoms with Gasteiger partial charge in [-0.1, -0.05) is 0 Å². The van der Waals surface area contributed by atoms with E-state index in [1.165, 1.54) is 84.6 Å². The van der Waals surface area contributed by atoms with Gasteiger partial charge in [0.25, 0.3) is 0 Å². The van der Waals surface area contributed by atoms with Gasteiger partial charge in [-0.2, -0.15) is 10.2 Å². The van der Waals surface area contributed by atoms with Crippen molar-refractivity contribution in [1.29, 1.82) is 0 Å². The van der Waals surface area contributed by atoms with E-state index in [0.29, 0.717) is 0 Å². The third-order valence-electron chi connectivity index (χ3n) is 14.6. The molecule has 0 aromatic carbocycles. The Labute approximate surface area is 395 Å². The largest absolute Gasteiger partial charge is 0.352 e. The molecule has 7 heterocycles. The summed E-state index contributed by atoms with van der Waals surface area (Å²) in [6.07, 6.45) is 0. The fourth-order valence-electron chi connectivity index (χ4n) is 7.01. The zero-order chi connectivity index (χ0) is 50.9. The number of aromatic nitrogens is 12. The summed E-state index contributed by atoms with van der Waals surface area (Å²) >= 11 is 0. The standard InChI is InChI=1S/2C9H15N.5C7H12N2/c2*1-6-7(2)9(4)10(5)8(6)3;3*1-5-6(2)9(4)7(3)8-5;2*1-5-6(2)8-9(4)7(5)3/h2*1-5H3;5*1-4H3. The predicted molar refractivity (Wildman–Crippen MR) is 276 cm³/mol. The molecule has 0 amide bonds. The topological polar surface area (TPSA) is 99.0 Å². The van der Waals surface area contributed by atoms with Crippen LogP contribution in [0.2, 0.25) is 0 Å². The molecule has 362 valence electrons. The Kier molecular flexibility index (Phi) is 21.5. The Morgan fingerprint density at radius 1 is 0.215 bits per heavy atom. The molecule has 0 atom stereocenters. The van der Waals surface area contributed by atoms with Crippen LogP contribution in [0.4, 0.5) is 0 Å². The highest BCUT2D eigenvalue weighted by atomic mass is 15.3. The molecule has 0 aliphatic carbocycles. The second-order valence-corrected chi connectivity index (χ2v) is 18.0. The van der Waals surface area contributed by atoms with Crippen LogP contribution >= 0.6 is 0 Å². The van der Waals surface area contributed by atoms with E-state index in [4.69, 9.17) is 0 Å². The lowest BCUT2D eigenvalue weighted by Crippen LogP contribution is -1.92. The molecule has 0 aliphatic heterocycles. The Bertz CT molecular complexity index is 2030. The average Bonchev–Trinajstić information content (AvgIpc) is 3.97. The van der Waals surface area contributed by atoms with Crippen molar-refractivity contribution in [1.82, 2.24) is 57.3 Å². The summed E-state index contributed by atoms with van der Waals surface area (Å²) in [5, 5.41) is 8.45. The van der Waals surface area contributed by atoms with Gasteiger partial charge in [0.1, 0.15) is 17.5 Å². The van der Waals surface area contributed by atoms with E-state index in [1.807, 2.05) is 100.0 Å². The van der Waals surface area contributed by atoms with Gasteiger partial charge < -0.3 is 22.8 Å². The van der Waals surface area contributed by atoms with Gasteiger partial charge in [-0.05, 0) is 193 Å². The number of nitrogens with zero attached hydrogens (tertiary/aromatic N) is 12. The fourth-order valence-corrected chi connectivity index (χ4v) is 7.01. The lowest BCUT2D eigenvalue weighted by molar-refractivity contribution is 0.730. The minimum Gasteiger partial charge on any atom is -0.352 e. The number of aryl methyl sites for hydroxylation is 10. The monoisotopic (exact) mass is 895 g/mol. The molecule has 12 heteroatoms. The maximum absolute atomic E-state index is 4.27. The Morgan fingerprint density at radius 3 is 0.462 bits per heavy atom. The second-order valence-electron chi connectivity index (χ2n) is 18.0. The van der Waals surface area contributed by atoms with Crippen LogP contribution in [0.15, 0.2) is 0 Å². The first-order valence-electron chi connectivity index (χ1n) is 22.8. The van der Waals surface area contributed by atoms with Gasteiger partial charge in [-0.15, -0.1) is 0 Å². The van der Waals surface area contributed by atoms with Crippen LogP contribution in [0.1, 0.15) is 131 Å². The molecule has 0 fully saturated rings. The zero-order valence-corrected chi connectivity index (χ0v) is 46.9. The highest BCUT2D eigenvalue weighted by Gasteiger charge is 2.08. The lowest BCUT2D eigenvalue weighted by Gasteiger charge is -1.98. The number of hydrogen-bond donors (Lipinski definition) is 0. The molecule has 0 bridgehead atoms. The van der Waals surface area contributed by atoms with Crippen molar-refractivity contribution in [2.75, 3.05) is 0 Å². The predicted octanol–water partition coefficient (Wildman–Crippen LogP) is 11.2. The first-order valence-corrected chi connectivity index (χ1v) is 22.8. The van der Waals surface area contributed by atoms with Crippen molar-refractivity contribution < 1.29 is 0 Å². The smallest absolute Gasteiger partial charge is 0.105 e. The van der Waals surface area contributed by atoms with Gasteiger partial charge in [0.15, 0.2) is 0 Å². The minimum atomic E-state index is 1.09. The van der Waals surface area contributed by atoms with Crippen molar-refractivity contribution in [3.8, 4) is 0 Å². The molecule has 7 aromatic rings. The van der Waals surface area contributed by atoms with Crippen LogP contribution < -0.4 is 0 Å². The van der Waals surface area contributed by atoms with E-state index >= 15 is 0 Å². The Morgan fingerprint density at radius 2 is 0.415 bits per heavy atom. The Balaban J connectivity index is 0.000000379. The van der Waals surface area contributed by atoms with Crippen LogP contribution in [0, 0.1) is 159 Å². The number of rotatable bonds is 0. The first-order chi connectivity index (χ1) is 29.7. The van der Waals surface area contributed by atoms with Gasteiger partial charge in [0, 0.05) is 101 Å². The summed E-state index contributed by atoms with van der Waals surface area (Å²) in [6.45, 7) is 48.1. The van der Waals surface area contributed by atoms with Crippen molar-refractivity contribution in [3.05, 3.63) is 131 Å². The minimum absolute atomic E-state index is 1.09. The molecule has 7 rings (SSSR count). The maximum atomic E-state index is 4.27. The molecule has 0 N–H and O–H groups in total. The van der Waals surface area contributed by atoms with E-state index in [9.17, 15) is 0 Å². The summed E-state index contributed by atoms with van der Waals surface area (Å²) < 4.78 is 14.6. The van der Waals surface area contributed by atoms with Crippen molar-refractivity contribution >= 4 is 0 Å². The summed E-state index contributed by atoms with van der Waals surface area (Å²) in [7, 11) is 14.3. The molecule has 0 unspecified atom stereocenters. The van der Waals surface area contributed by atoms with Crippen molar-refractivity contribution in [2.45, 2.75) is 159 Å². The van der Waals surface area contributed by atoms with Crippen LogP contribution in [-0.4, -0.2) is 57.3 Å². The average molecular weight is 895 g/mol. The molecule has 12 nitrogen and oxygen atoms in total. The van der Waals surface area contributed by atoms with Gasteiger partial charge in [0.2, 0.25) is 0 Å². The van der Waals surface area contributed by atoms with Gasteiger partial charge >= 0.3 is 0 Å². The van der Waals surface area contributed by atoms with E-state index in [-0.39, 0.29) is 0 Å². The lowest BCUT2D eigenvalue weighted by atomic mass is 10.2. The van der Waals surface area contributed by atoms with Crippen LogP contribution in [0.25, 0.3) is 0 Å². The maximum Gasteiger partial charge on any atom is 0.105 e. The van der Waals surface area contributed by atoms with E-state index in [2.05, 4.69) is 166 Å². The highest BCUT2D eigenvalue weighted by Crippen LogP contribution is 2.19. The molecular formula is C53H90N12. The molecule has 0 aliphatic rings. The normalized spacial score (nSPS) is 10.3. The molecule has 0 radical (unpaired) electrons. The molecule has 0 saturated heterocycles. The molecule has 7 aromatic heterocycles. The summed E-state index contributed by atoms with van der Waals surface area (Å²) in [4.78, 5) is 12.8. The van der Waals surface area contributed by atoms with Crippen molar-refractivity contribution in [3.63, 3.8) is 0 Å². The van der Waals surface area contributed by atoms with E-state index in [1.54, 1.807) is 0 Å². The van der Waals surface area contributed by atoms with Crippen LogP contribution in [0.5, 0.6) is 0 Å². The quantitative estimate of drug-likeness (QED) is 0.151. The number of imidazole rings is 3. The van der Waals surface area contributed by atoms with Gasteiger partial charge in [-0.25, -0.2) is 15.0 Å². The summed E-state index contributed by atoms with van der Waals surface area (Å²) in [6, 6.07) is 0. The van der Waals surface area contributed by atoms with E-state index in [0.717, 1.165) is 45.9 Å². The third-order valence-corrected chi connectivity index (χ3v) is 14.6. The fraction of sp³-hybridized carbons (Fsp3) is 0.566. The third kappa shape index (κ3) is 14.3. The van der Waals surface area contributed by atoms with Gasteiger partial charge in [0.05, 0.1) is 28.5 Å². The first kappa shape index (κ1) is 57.6. The molecule has 0 spiro atoms. The molecule has 0 saturated carbocycles. The highest BCUT2D eigenvalue weighted by molar-refractivity contribution is 5.35. The zero-order valence-electron chi connectivity index (χ0n) is 46.9. The number of hydrogen-bond acceptors (Lipinski definition) is 5. The Hall–Kier alpha value is -5.39. The summed E-state index contributed by atoms with van der Waals surface area (Å²) in [5.41, 5.74) is 25.8. The van der Waals surface area contributed by atoms with E-state index < -0.39 is 0 Å². The molecule has 65 heavy (non-hydrogen) atoms. The van der Waals surface area contributed by atoms with Gasteiger partial charge in [-0.3, -0.25) is 9.36 Å².